The van der Waals surface area contributed by atoms with Crippen molar-refractivity contribution >= 4 is 0 Å². The van der Waals surface area contributed by atoms with Crippen molar-refractivity contribution in [3.05, 3.63) is 33.7 Å². The molecule has 4 rings (SSSR count). The van der Waals surface area contributed by atoms with Gasteiger partial charge >= 0.3 is 6.18 Å². The second-order valence-electron chi connectivity index (χ2n) is 9.90. The van der Waals surface area contributed by atoms with E-state index in [2.05, 4.69) is 19.2 Å². The lowest BCUT2D eigenvalue weighted by Crippen LogP contribution is -2.48. The summed E-state index contributed by atoms with van der Waals surface area (Å²) in [5.74, 6) is 0.761. The molecule has 1 saturated carbocycles. The van der Waals surface area contributed by atoms with Crippen molar-refractivity contribution in [1.82, 2.24) is 14.8 Å². The summed E-state index contributed by atoms with van der Waals surface area (Å²) in [4.78, 5) is 14.0. The zero-order valence-electron chi connectivity index (χ0n) is 18.8. The highest BCUT2D eigenvalue weighted by atomic mass is 19.4. The standard InChI is InChI=1S/C23H34F3N3O3/c1-14(2)19-11-17(27-16-3-7-32-8-4-16)12-20(19)22(31)28-5-6-29-18(13-28)9-15(10-21(29)30)23(24,25)26/h9-10,14,16-17,19-20,22,27,31H,3-8,11-13H2,1-2H3/t17-,19?,20?,22-/m1/s1. The van der Waals surface area contributed by atoms with Gasteiger partial charge in [0.2, 0.25) is 0 Å². The third-order valence-corrected chi connectivity index (χ3v) is 7.49. The Morgan fingerprint density at radius 1 is 1.09 bits per heavy atom. The number of hydrogen-bond donors (Lipinski definition) is 2. The minimum atomic E-state index is -4.56. The molecule has 1 aromatic rings. The Bertz CT molecular complexity index is 851. The topological polar surface area (TPSA) is 66.7 Å². The zero-order valence-corrected chi connectivity index (χ0v) is 18.8. The van der Waals surface area contributed by atoms with E-state index >= 15 is 0 Å². The van der Waals surface area contributed by atoms with Crippen LogP contribution in [0.5, 0.6) is 0 Å². The molecular formula is C23H34F3N3O3. The molecule has 1 aliphatic carbocycles. The molecule has 2 aliphatic heterocycles. The first-order valence-corrected chi connectivity index (χ1v) is 11.7. The molecule has 2 fully saturated rings. The Morgan fingerprint density at radius 2 is 1.78 bits per heavy atom. The Morgan fingerprint density at radius 3 is 2.44 bits per heavy atom. The maximum absolute atomic E-state index is 13.2. The average Bonchev–Trinajstić information content (AvgIpc) is 3.17. The maximum atomic E-state index is 13.2. The van der Waals surface area contributed by atoms with Crippen LogP contribution in [0, 0.1) is 17.8 Å². The summed E-state index contributed by atoms with van der Waals surface area (Å²) in [5.41, 5.74) is -1.25. The number of nitrogens with zero attached hydrogens (tertiary/aromatic N) is 2. The van der Waals surface area contributed by atoms with E-state index < -0.39 is 23.5 Å². The number of hydrogen-bond acceptors (Lipinski definition) is 5. The van der Waals surface area contributed by atoms with E-state index in [-0.39, 0.29) is 19.0 Å². The van der Waals surface area contributed by atoms with Crippen LogP contribution in [0.1, 0.15) is 50.8 Å². The number of aliphatic hydroxyl groups is 1. The van der Waals surface area contributed by atoms with Gasteiger partial charge < -0.3 is 19.7 Å². The van der Waals surface area contributed by atoms with Gasteiger partial charge in [0.15, 0.2) is 0 Å². The minimum absolute atomic E-state index is 0.0383. The number of ether oxygens (including phenoxy) is 1. The molecule has 32 heavy (non-hydrogen) atoms. The molecule has 0 aromatic carbocycles. The first-order chi connectivity index (χ1) is 15.1. The summed E-state index contributed by atoms with van der Waals surface area (Å²) in [6, 6.07) is 2.46. The molecule has 0 amide bonds. The van der Waals surface area contributed by atoms with Crippen molar-refractivity contribution in [1.29, 1.82) is 0 Å². The lowest BCUT2D eigenvalue weighted by atomic mass is 9.84. The van der Waals surface area contributed by atoms with Crippen molar-refractivity contribution in [3.8, 4) is 0 Å². The fraction of sp³-hybridized carbons (Fsp3) is 0.783. The molecule has 0 bridgehead atoms. The lowest BCUT2D eigenvalue weighted by Gasteiger charge is -2.38. The highest BCUT2D eigenvalue weighted by molar-refractivity contribution is 5.22. The summed E-state index contributed by atoms with van der Waals surface area (Å²) < 4.78 is 46.4. The molecule has 2 N–H and O–H groups in total. The third kappa shape index (κ3) is 5.05. The number of aliphatic hydroxyl groups excluding tert-OH is 1. The van der Waals surface area contributed by atoms with Gasteiger partial charge in [-0.3, -0.25) is 9.69 Å². The van der Waals surface area contributed by atoms with Crippen LogP contribution in [-0.4, -0.2) is 52.6 Å². The van der Waals surface area contributed by atoms with Crippen LogP contribution in [-0.2, 0) is 24.0 Å². The van der Waals surface area contributed by atoms with Crippen LogP contribution in [0.2, 0.25) is 0 Å². The number of aromatic nitrogens is 1. The summed E-state index contributed by atoms with van der Waals surface area (Å²) in [5, 5.41) is 15.1. The Kier molecular flexibility index (Phi) is 7.00. The van der Waals surface area contributed by atoms with Gasteiger partial charge in [0.25, 0.3) is 5.56 Å². The number of nitrogens with one attached hydrogen (secondary N) is 1. The van der Waals surface area contributed by atoms with E-state index in [0.29, 0.717) is 42.2 Å². The number of rotatable bonds is 5. The molecule has 1 aromatic heterocycles. The van der Waals surface area contributed by atoms with Gasteiger partial charge in [-0.05, 0) is 43.6 Å². The fourth-order valence-corrected chi connectivity index (χ4v) is 5.76. The number of fused-ring (bicyclic) bond motifs is 1. The van der Waals surface area contributed by atoms with Crippen molar-refractivity contribution < 1.29 is 23.0 Å². The van der Waals surface area contributed by atoms with Gasteiger partial charge in [-0.15, -0.1) is 0 Å². The van der Waals surface area contributed by atoms with Crippen LogP contribution in [0.15, 0.2) is 16.9 Å². The SMILES string of the molecule is CC(C)C1C[C@@H](NC2CCOCC2)CC1[C@@H](O)N1CCn2c(cc(C(F)(F)F)cc2=O)C1. The van der Waals surface area contributed by atoms with Gasteiger partial charge in [0, 0.05) is 62.6 Å². The van der Waals surface area contributed by atoms with E-state index in [0.717, 1.165) is 45.0 Å². The maximum Gasteiger partial charge on any atom is 0.416 e. The predicted molar refractivity (Wildman–Crippen MR) is 114 cm³/mol. The summed E-state index contributed by atoms with van der Waals surface area (Å²) in [7, 11) is 0. The molecule has 3 aliphatic rings. The smallest absolute Gasteiger partial charge is 0.381 e. The second-order valence-corrected chi connectivity index (χ2v) is 9.90. The van der Waals surface area contributed by atoms with E-state index in [9.17, 15) is 23.1 Å². The fourth-order valence-electron chi connectivity index (χ4n) is 5.76. The number of pyridine rings is 1. The molecule has 9 heteroatoms. The monoisotopic (exact) mass is 457 g/mol. The molecule has 1 saturated heterocycles. The van der Waals surface area contributed by atoms with E-state index in [1.165, 1.54) is 4.57 Å². The van der Waals surface area contributed by atoms with Gasteiger partial charge in [-0.25, -0.2) is 0 Å². The molecule has 180 valence electrons. The summed E-state index contributed by atoms with van der Waals surface area (Å²) in [6.07, 6.45) is -1.49. The van der Waals surface area contributed by atoms with Crippen LogP contribution >= 0.6 is 0 Å². The van der Waals surface area contributed by atoms with Crippen LogP contribution in [0.3, 0.4) is 0 Å². The van der Waals surface area contributed by atoms with Crippen LogP contribution in [0.25, 0.3) is 0 Å². The normalized spacial score (nSPS) is 28.8. The van der Waals surface area contributed by atoms with Gasteiger partial charge in [-0.1, -0.05) is 13.8 Å². The number of halogens is 3. The molecule has 0 radical (unpaired) electrons. The average molecular weight is 458 g/mol. The minimum Gasteiger partial charge on any atom is -0.381 e. The molecule has 0 spiro atoms. The molecule has 4 atom stereocenters. The quantitative estimate of drug-likeness (QED) is 0.712. The van der Waals surface area contributed by atoms with E-state index in [1.807, 2.05) is 4.90 Å². The molecule has 2 unspecified atom stereocenters. The van der Waals surface area contributed by atoms with Gasteiger partial charge in [0.1, 0.15) is 6.23 Å². The van der Waals surface area contributed by atoms with Crippen LogP contribution < -0.4 is 10.9 Å². The third-order valence-electron chi connectivity index (χ3n) is 7.49. The first-order valence-electron chi connectivity index (χ1n) is 11.7. The van der Waals surface area contributed by atoms with Crippen molar-refractivity contribution in [2.45, 2.75) is 77.1 Å². The van der Waals surface area contributed by atoms with E-state index in [4.69, 9.17) is 4.74 Å². The highest BCUT2D eigenvalue weighted by Crippen LogP contribution is 2.41. The molecular weight excluding hydrogens is 423 g/mol. The van der Waals surface area contributed by atoms with Crippen molar-refractivity contribution in [3.63, 3.8) is 0 Å². The Balaban J connectivity index is 1.47. The van der Waals surface area contributed by atoms with Crippen molar-refractivity contribution in [2.75, 3.05) is 19.8 Å². The highest BCUT2D eigenvalue weighted by Gasteiger charge is 2.43. The van der Waals surface area contributed by atoms with Crippen LogP contribution in [0.4, 0.5) is 13.2 Å². The Labute approximate surface area is 186 Å². The second kappa shape index (κ2) is 9.44. The predicted octanol–water partition coefficient (Wildman–Crippen LogP) is 2.82. The lowest BCUT2D eigenvalue weighted by molar-refractivity contribution is -0.138. The Hall–Kier alpha value is -1.42. The summed E-state index contributed by atoms with van der Waals surface area (Å²) in [6.45, 7) is 6.75. The first kappa shape index (κ1) is 23.7. The molecule has 6 nitrogen and oxygen atoms in total. The van der Waals surface area contributed by atoms with Crippen molar-refractivity contribution in [2.24, 2.45) is 17.8 Å². The van der Waals surface area contributed by atoms with Gasteiger partial charge in [0.05, 0.1) is 5.56 Å². The van der Waals surface area contributed by atoms with Gasteiger partial charge in [-0.2, -0.15) is 13.2 Å². The zero-order chi connectivity index (χ0) is 23.0. The molecule has 3 heterocycles. The number of alkyl halides is 3. The largest absolute Gasteiger partial charge is 0.416 e. The summed E-state index contributed by atoms with van der Waals surface area (Å²) >= 11 is 0. The van der Waals surface area contributed by atoms with E-state index in [1.54, 1.807) is 0 Å².